The van der Waals surface area contributed by atoms with Gasteiger partial charge in [0.05, 0.1) is 23.4 Å². The van der Waals surface area contributed by atoms with E-state index in [1.165, 1.54) is 24.3 Å². The van der Waals surface area contributed by atoms with Crippen molar-refractivity contribution in [3.8, 4) is 0 Å². The van der Waals surface area contributed by atoms with Crippen molar-refractivity contribution in [1.82, 2.24) is 0 Å². The molecule has 0 aliphatic carbocycles. The molecule has 1 aliphatic heterocycles. The van der Waals surface area contributed by atoms with Gasteiger partial charge in [0.2, 0.25) is 0 Å². The van der Waals surface area contributed by atoms with E-state index < -0.39 is 17.8 Å². The van der Waals surface area contributed by atoms with Gasteiger partial charge in [-0.3, -0.25) is 4.79 Å². The smallest absolute Gasteiger partial charge is 0.359 e. The summed E-state index contributed by atoms with van der Waals surface area (Å²) in [4.78, 5) is 38.4. The van der Waals surface area contributed by atoms with Crippen molar-refractivity contribution >= 4 is 41.0 Å². The molecule has 0 spiro atoms. The van der Waals surface area contributed by atoms with E-state index in [-0.39, 0.29) is 23.5 Å². The van der Waals surface area contributed by atoms with Gasteiger partial charge < -0.3 is 14.7 Å². The molecular formula is C22H21N3O5. The van der Waals surface area contributed by atoms with Crippen LogP contribution in [-0.2, 0) is 14.3 Å². The first-order valence-corrected chi connectivity index (χ1v) is 9.24. The van der Waals surface area contributed by atoms with Gasteiger partial charge in [-0.05, 0) is 55.0 Å². The van der Waals surface area contributed by atoms with Crippen molar-refractivity contribution < 1.29 is 24.2 Å². The summed E-state index contributed by atoms with van der Waals surface area (Å²) in [7, 11) is 3.85. The van der Waals surface area contributed by atoms with Crippen molar-refractivity contribution in [2.45, 2.75) is 6.92 Å². The Bertz CT molecular complexity index is 1040. The molecule has 8 nitrogen and oxygen atoms in total. The Balaban J connectivity index is 1.99. The highest BCUT2D eigenvalue weighted by molar-refractivity contribution is 6.54. The summed E-state index contributed by atoms with van der Waals surface area (Å²) in [6, 6.07) is 13.1. The number of aromatic carboxylic acids is 1. The molecule has 2 aromatic rings. The van der Waals surface area contributed by atoms with E-state index in [2.05, 4.69) is 5.10 Å². The molecule has 30 heavy (non-hydrogen) atoms. The molecule has 0 aromatic heterocycles. The molecule has 0 saturated heterocycles. The first-order valence-electron chi connectivity index (χ1n) is 9.24. The van der Waals surface area contributed by atoms with Gasteiger partial charge in [-0.1, -0.05) is 12.1 Å². The third-order valence-electron chi connectivity index (χ3n) is 4.43. The van der Waals surface area contributed by atoms with Crippen LogP contribution in [-0.4, -0.2) is 49.4 Å². The SMILES string of the molecule is CCOC(=O)C1=NN(c2ccc(C(=O)O)cc2)C(=O)/C1=C/c1ccc(N(C)C)cc1. The Morgan fingerprint density at radius 3 is 2.27 bits per heavy atom. The van der Waals surface area contributed by atoms with Crippen molar-refractivity contribution in [3.63, 3.8) is 0 Å². The lowest BCUT2D eigenvalue weighted by atomic mass is 10.1. The first kappa shape index (κ1) is 20.8. The Labute approximate surface area is 173 Å². The highest BCUT2D eigenvalue weighted by Crippen LogP contribution is 2.26. The van der Waals surface area contributed by atoms with Gasteiger partial charge in [-0.2, -0.15) is 10.1 Å². The van der Waals surface area contributed by atoms with Crippen LogP contribution < -0.4 is 9.91 Å². The van der Waals surface area contributed by atoms with Crippen LogP contribution in [0.25, 0.3) is 6.08 Å². The van der Waals surface area contributed by atoms with Crippen LogP contribution in [0, 0.1) is 0 Å². The fourth-order valence-corrected chi connectivity index (χ4v) is 2.85. The van der Waals surface area contributed by atoms with Gasteiger partial charge in [-0.25, -0.2) is 9.59 Å². The van der Waals surface area contributed by atoms with Gasteiger partial charge in [0.15, 0.2) is 5.71 Å². The molecule has 0 unspecified atom stereocenters. The number of rotatable bonds is 6. The predicted molar refractivity (Wildman–Crippen MR) is 114 cm³/mol. The van der Waals surface area contributed by atoms with Crippen molar-refractivity contribution in [1.29, 1.82) is 0 Å². The Morgan fingerprint density at radius 2 is 1.73 bits per heavy atom. The number of carboxylic acid groups (broad SMARTS) is 1. The lowest BCUT2D eigenvalue weighted by molar-refractivity contribution is -0.135. The number of nitrogens with zero attached hydrogens (tertiary/aromatic N) is 3. The van der Waals surface area contributed by atoms with E-state index in [1.54, 1.807) is 13.0 Å². The van der Waals surface area contributed by atoms with Crippen LogP contribution in [0.4, 0.5) is 11.4 Å². The number of amides is 1. The molecule has 1 aliphatic rings. The molecule has 1 amide bonds. The van der Waals surface area contributed by atoms with Crippen LogP contribution in [0.1, 0.15) is 22.8 Å². The number of hydrogen-bond acceptors (Lipinski definition) is 6. The van der Waals surface area contributed by atoms with Crippen LogP contribution in [0.2, 0.25) is 0 Å². The zero-order chi connectivity index (χ0) is 21.8. The van der Waals surface area contributed by atoms with Gasteiger partial charge in [0.25, 0.3) is 5.91 Å². The van der Waals surface area contributed by atoms with Crippen molar-refractivity contribution in [3.05, 3.63) is 65.2 Å². The monoisotopic (exact) mass is 407 g/mol. The highest BCUT2D eigenvalue weighted by Gasteiger charge is 2.36. The molecule has 1 N–H and O–H groups in total. The van der Waals surface area contributed by atoms with E-state index in [1.807, 2.05) is 43.3 Å². The maximum absolute atomic E-state index is 13.0. The van der Waals surface area contributed by atoms with Gasteiger partial charge in [0, 0.05) is 19.8 Å². The maximum Gasteiger partial charge on any atom is 0.359 e. The second-order valence-electron chi connectivity index (χ2n) is 6.68. The molecule has 0 atom stereocenters. The number of carbonyl (C=O) groups excluding carboxylic acids is 2. The molecule has 0 saturated carbocycles. The second kappa shape index (κ2) is 8.60. The lowest BCUT2D eigenvalue weighted by Gasteiger charge is -2.12. The van der Waals surface area contributed by atoms with Crippen LogP contribution in [0.3, 0.4) is 0 Å². The first-order chi connectivity index (χ1) is 14.3. The fourth-order valence-electron chi connectivity index (χ4n) is 2.85. The van der Waals surface area contributed by atoms with E-state index in [9.17, 15) is 14.4 Å². The van der Waals surface area contributed by atoms with Gasteiger partial charge in [0.1, 0.15) is 0 Å². The van der Waals surface area contributed by atoms with Crippen LogP contribution in [0.5, 0.6) is 0 Å². The number of carboxylic acids is 1. The molecule has 3 rings (SSSR count). The lowest BCUT2D eigenvalue weighted by Crippen LogP contribution is -2.23. The molecule has 0 radical (unpaired) electrons. The topological polar surface area (TPSA) is 99.5 Å². The minimum Gasteiger partial charge on any atom is -0.478 e. The minimum atomic E-state index is -1.08. The molecule has 2 aromatic carbocycles. The quantitative estimate of drug-likeness (QED) is 0.584. The summed E-state index contributed by atoms with van der Waals surface area (Å²) in [5, 5.41) is 14.3. The molecule has 0 fully saturated rings. The average molecular weight is 407 g/mol. The summed E-state index contributed by atoms with van der Waals surface area (Å²) in [5.41, 5.74) is 2.16. The summed E-state index contributed by atoms with van der Waals surface area (Å²) >= 11 is 0. The zero-order valence-electron chi connectivity index (χ0n) is 16.8. The number of hydrogen-bond donors (Lipinski definition) is 1. The Hall–Kier alpha value is -3.94. The fraction of sp³-hybridized carbons (Fsp3) is 0.182. The van der Waals surface area contributed by atoms with Gasteiger partial charge in [-0.15, -0.1) is 0 Å². The Kier molecular flexibility index (Phi) is 5.96. The van der Waals surface area contributed by atoms with Crippen molar-refractivity contribution in [2.75, 3.05) is 30.6 Å². The number of anilines is 2. The van der Waals surface area contributed by atoms with Gasteiger partial charge >= 0.3 is 11.9 Å². The number of benzene rings is 2. The molecule has 1 heterocycles. The molecule has 154 valence electrons. The van der Waals surface area contributed by atoms with Crippen molar-refractivity contribution in [2.24, 2.45) is 5.10 Å². The zero-order valence-corrected chi connectivity index (χ0v) is 16.8. The van der Waals surface area contributed by atoms with E-state index >= 15 is 0 Å². The van der Waals surface area contributed by atoms with Crippen LogP contribution in [0.15, 0.2) is 59.2 Å². The largest absolute Gasteiger partial charge is 0.478 e. The third kappa shape index (κ3) is 4.22. The maximum atomic E-state index is 13.0. The molecule has 8 heteroatoms. The van der Waals surface area contributed by atoms with Crippen LogP contribution >= 0.6 is 0 Å². The standard InChI is InChI=1S/C22H21N3O5/c1-4-30-22(29)19-18(13-14-5-9-16(10-6-14)24(2)3)20(26)25(23-19)17-11-7-15(8-12-17)21(27)28/h5-13H,4H2,1-3H3,(H,27,28)/b18-13+. The minimum absolute atomic E-state index is 0.0803. The number of hydrazone groups is 1. The summed E-state index contributed by atoms with van der Waals surface area (Å²) in [6.45, 7) is 1.81. The predicted octanol–water partition coefficient (Wildman–Crippen LogP) is 2.80. The second-order valence-corrected chi connectivity index (χ2v) is 6.68. The van der Waals surface area contributed by atoms with E-state index in [0.29, 0.717) is 5.69 Å². The number of carbonyl (C=O) groups is 3. The number of esters is 1. The molecule has 0 bridgehead atoms. The Morgan fingerprint density at radius 1 is 1.10 bits per heavy atom. The molecular weight excluding hydrogens is 386 g/mol. The third-order valence-corrected chi connectivity index (χ3v) is 4.43. The van der Waals surface area contributed by atoms with E-state index in [4.69, 9.17) is 9.84 Å². The average Bonchev–Trinajstić information content (AvgIpc) is 3.05. The number of ether oxygens (including phenoxy) is 1. The highest BCUT2D eigenvalue weighted by atomic mass is 16.5. The summed E-state index contributed by atoms with van der Waals surface area (Å²) in [5.74, 6) is -2.28. The summed E-state index contributed by atoms with van der Waals surface area (Å²) < 4.78 is 5.05. The normalized spacial score (nSPS) is 14.6. The van der Waals surface area contributed by atoms with E-state index in [0.717, 1.165) is 16.3 Å². The summed E-state index contributed by atoms with van der Waals surface area (Å²) in [6.07, 6.45) is 1.59.